The van der Waals surface area contributed by atoms with E-state index in [1.807, 2.05) is 34.6 Å². The number of aliphatic carboxylic acids is 1. The van der Waals surface area contributed by atoms with Crippen molar-refractivity contribution in [2.45, 2.75) is 59.5 Å². The first-order chi connectivity index (χ1) is 8.33. The molecule has 5 nitrogen and oxygen atoms in total. The van der Waals surface area contributed by atoms with Crippen LogP contribution in [0, 0.1) is 5.92 Å². The highest BCUT2D eigenvalue weighted by molar-refractivity contribution is 5.82. The van der Waals surface area contributed by atoms with Gasteiger partial charge in [0.25, 0.3) is 0 Å². The summed E-state index contributed by atoms with van der Waals surface area (Å²) in [7, 11) is 0. The highest BCUT2D eigenvalue weighted by Gasteiger charge is 2.25. The summed E-state index contributed by atoms with van der Waals surface area (Å²) in [5, 5.41) is 11.7. The molecule has 0 spiro atoms. The Bertz CT molecular complexity index is 279. The molecule has 0 saturated heterocycles. The number of urea groups is 1. The quantitative estimate of drug-likeness (QED) is 0.736. The highest BCUT2D eigenvalue weighted by Crippen LogP contribution is 2.08. The van der Waals surface area contributed by atoms with Crippen molar-refractivity contribution in [3.63, 3.8) is 0 Å². The van der Waals surface area contributed by atoms with Gasteiger partial charge in [0.2, 0.25) is 0 Å². The Morgan fingerprint density at radius 3 is 2.11 bits per heavy atom. The molecule has 106 valence electrons. The smallest absolute Gasteiger partial charge is 0.326 e. The number of carbonyl (C=O) groups excluding carboxylic acids is 1. The maximum atomic E-state index is 12.0. The molecule has 2 amide bonds. The van der Waals surface area contributed by atoms with Gasteiger partial charge >= 0.3 is 12.0 Å². The van der Waals surface area contributed by atoms with Crippen LogP contribution in [-0.2, 0) is 4.79 Å². The van der Waals surface area contributed by atoms with Crippen LogP contribution in [0.2, 0.25) is 0 Å². The van der Waals surface area contributed by atoms with Gasteiger partial charge in [-0.2, -0.15) is 0 Å². The number of amides is 2. The summed E-state index contributed by atoms with van der Waals surface area (Å²) in [6, 6.07) is -0.987. The number of nitrogens with zero attached hydrogens (tertiary/aromatic N) is 1. The summed E-state index contributed by atoms with van der Waals surface area (Å²) < 4.78 is 0. The Hall–Kier alpha value is -1.26. The van der Waals surface area contributed by atoms with Crippen molar-refractivity contribution < 1.29 is 14.7 Å². The Kier molecular flexibility index (Phi) is 7.39. The summed E-state index contributed by atoms with van der Waals surface area (Å²) in [6.07, 6.45) is 1.29. The molecule has 0 aromatic heterocycles. The predicted molar refractivity (Wildman–Crippen MR) is 71.5 cm³/mol. The van der Waals surface area contributed by atoms with Gasteiger partial charge in [-0.25, -0.2) is 9.59 Å². The van der Waals surface area contributed by atoms with E-state index in [4.69, 9.17) is 5.11 Å². The summed E-state index contributed by atoms with van der Waals surface area (Å²) >= 11 is 0. The Labute approximate surface area is 110 Å². The molecule has 0 aromatic rings. The normalized spacial score (nSPS) is 14.1. The van der Waals surface area contributed by atoms with E-state index in [1.54, 1.807) is 4.90 Å². The number of carbonyl (C=O) groups is 2. The lowest BCUT2D eigenvalue weighted by molar-refractivity contribution is -0.139. The molecule has 2 atom stereocenters. The van der Waals surface area contributed by atoms with Gasteiger partial charge in [-0.15, -0.1) is 0 Å². The summed E-state index contributed by atoms with van der Waals surface area (Å²) in [4.78, 5) is 24.8. The first kappa shape index (κ1) is 16.7. The minimum Gasteiger partial charge on any atom is -0.480 e. The standard InChI is InChI=1S/C13H26N2O3/c1-6-10(5)15(7-2)13(18)14-11(12(16)17)8-9(3)4/h9-11H,6-8H2,1-5H3,(H,14,18)(H,16,17). The van der Waals surface area contributed by atoms with Gasteiger partial charge in [-0.1, -0.05) is 20.8 Å². The molecule has 0 saturated carbocycles. The van der Waals surface area contributed by atoms with Crippen LogP contribution in [0.4, 0.5) is 4.79 Å². The van der Waals surface area contributed by atoms with Gasteiger partial charge in [-0.3, -0.25) is 0 Å². The molecule has 0 aromatic carbocycles. The molecular formula is C13H26N2O3. The summed E-state index contributed by atoms with van der Waals surface area (Å²) in [5.74, 6) is -0.748. The first-order valence-electron chi connectivity index (χ1n) is 6.63. The summed E-state index contributed by atoms with van der Waals surface area (Å²) in [5.41, 5.74) is 0. The van der Waals surface area contributed by atoms with Crippen LogP contribution in [-0.4, -0.2) is 40.6 Å². The molecule has 0 rings (SSSR count). The fraction of sp³-hybridized carbons (Fsp3) is 0.846. The molecule has 5 heteroatoms. The first-order valence-corrected chi connectivity index (χ1v) is 6.63. The molecule has 0 bridgehead atoms. The average Bonchev–Trinajstić information content (AvgIpc) is 2.27. The van der Waals surface area contributed by atoms with Gasteiger partial charge in [0, 0.05) is 12.6 Å². The third kappa shape index (κ3) is 5.38. The Balaban J connectivity index is 4.61. The predicted octanol–water partition coefficient (Wildman–Crippen LogP) is 2.32. The van der Waals surface area contributed by atoms with Gasteiger partial charge in [0.15, 0.2) is 0 Å². The van der Waals surface area contributed by atoms with E-state index in [0.717, 1.165) is 6.42 Å². The van der Waals surface area contributed by atoms with Crippen LogP contribution in [0.5, 0.6) is 0 Å². The lowest BCUT2D eigenvalue weighted by atomic mass is 10.0. The third-order valence-corrected chi connectivity index (χ3v) is 3.03. The fourth-order valence-electron chi connectivity index (χ4n) is 1.80. The zero-order valence-electron chi connectivity index (χ0n) is 12.1. The van der Waals surface area contributed by atoms with E-state index in [1.165, 1.54) is 0 Å². The van der Waals surface area contributed by atoms with Crippen LogP contribution in [0.15, 0.2) is 0 Å². The maximum absolute atomic E-state index is 12.0. The molecular weight excluding hydrogens is 232 g/mol. The minimum absolute atomic E-state index is 0.114. The van der Waals surface area contributed by atoms with Crippen LogP contribution >= 0.6 is 0 Å². The van der Waals surface area contributed by atoms with Crippen molar-refractivity contribution in [2.75, 3.05) is 6.54 Å². The van der Waals surface area contributed by atoms with Crippen molar-refractivity contribution in [1.29, 1.82) is 0 Å². The summed E-state index contributed by atoms with van der Waals surface area (Å²) in [6.45, 7) is 10.3. The number of nitrogens with one attached hydrogen (secondary N) is 1. The van der Waals surface area contributed by atoms with Crippen molar-refractivity contribution in [2.24, 2.45) is 5.92 Å². The van der Waals surface area contributed by atoms with Crippen LogP contribution in [0.25, 0.3) is 0 Å². The van der Waals surface area contributed by atoms with Gasteiger partial charge in [0.1, 0.15) is 6.04 Å². The lowest BCUT2D eigenvalue weighted by Gasteiger charge is -2.29. The Morgan fingerprint density at radius 1 is 1.22 bits per heavy atom. The van der Waals surface area contributed by atoms with Gasteiger partial charge < -0.3 is 15.3 Å². The number of carboxylic acid groups (broad SMARTS) is 1. The van der Waals surface area contributed by atoms with E-state index in [2.05, 4.69) is 5.32 Å². The van der Waals surface area contributed by atoms with Crippen LogP contribution in [0.3, 0.4) is 0 Å². The average molecular weight is 258 g/mol. The monoisotopic (exact) mass is 258 g/mol. The second kappa shape index (κ2) is 7.95. The van der Waals surface area contributed by atoms with E-state index in [0.29, 0.717) is 13.0 Å². The zero-order chi connectivity index (χ0) is 14.3. The van der Waals surface area contributed by atoms with E-state index in [-0.39, 0.29) is 18.0 Å². The van der Waals surface area contributed by atoms with E-state index in [9.17, 15) is 9.59 Å². The topological polar surface area (TPSA) is 69.6 Å². The molecule has 0 heterocycles. The largest absolute Gasteiger partial charge is 0.480 e. The van der Waals surface area contributed by atoms with E-state index >= 15 is 0 Å². The molecule has 0 aliphatic rings. The van der Waals surface area contributed by atoms with Crippen molar-refractivity contribution in [1.82, 2.24) is 10.2 Å². The molecule has 18 heavy (non-hydrogen) atoms. The Morgan fingerprint density at radius 2 is 1.78 bits per heavy atom. The molecule has 2 unspecified atom stereocenters. The number of hydrogen-bond donors (Lipinski definition) is 2. The third-order valence-electron chi connectivity index (χ3n) is 3.03. The van der Waals surface area contributed by atoms with Gasteiger partial charge in [-0.05, 0) is 32.6 Å². The fourth-order valence-corrected chi connectivity index (χ4v) is 1.80. The highest BCUT2D eigenvalue weighted by atomic mass is 16.4. The maximum Gasteiger partial charge on any atom is 0.326 e. The van der Waals surface area contributed by atoms with Crippen molar-refractivity contribution >= 4 is 12.0 Å². The number of rotatable bonds is 7. The van der Waals surface area contributed by atoms with E-state index < -0.39 is 12.0 Å². The molecule has 0 aliphatic heterocycles. The second-order valence-electron chi connectivity index (χ2n) is 5.01. The van der Waals surface area contributed by atoms with Crippen molar-refractivity contribution in [3.8, 4) is 0 Å². The zero-order valence-corrected chi connectivity index (χ0v) is 12.1. The van der Waals surface area contributed by atoms with Crippen LogP contribution in [0.1, 0.15) is 47.5 Å². The molecule has 0 aliphatic carbocycles. The molecule has 2 N–H and O–H groups in total. The minimum atomic E-state index is -0.975. The van der Waals surface area contributed by atoms with Gasteiger partial charge in [0.05, 0.1) is 0 Å². The molecule has 0 radical (unpaired) electrons. The SMILES string of the molecule is CCC(C)N(CC)C(=O)NC(CC(C)C)C(=O)O. The number of carboxylic acids is 1. The lowest BCUT2D eigenvalue weighted by Crippen LogP contribution is -2.50. The second-order valence-corrected chi connectivity index (χ2v) is 5.01. The van der Waals surface area contributed by atoms with Crippen molar-refractivity contribution in [3.05, 3.63) is 0 Å². The van der Waals surface area contributed by atoms with Crippen LogP contribution < -0.4 is 5.32 Å². The molecule has 0 fully saturated rings. The number of hydrogen-bond acceptors (Lipinski definition) is 2.